The molecule has 0 aromatic heterocycles. The smallest absolute Gasteiger partial charge is 0.321 e. The second-order valence-electron chi connectivity index (χ2n) is 5.78. The fourth-order valence-electron chi connectivity index (χ4n) is 2.74. The fraction of sp³-hybridized carbons (Fsp3) is 0.500. The molecule has 0 saturated carbocycles. The molecule has 1 aromatic rings. The SMILES string of the molecule is Cc1ccc(NC(=O)N2CCC(CC(=O)O)CC2)c(C)c1. The van der Waals surface area contributed by atoms with Crippen LogP contribution < -0.4 is 5.32 Å². The Balaban J connectivity index is 1.89. The number of amides is 2. The highest BCUT2D eigenvalue weighted by Crippen LogP contribution is 2.22. The van der Waals surface area contributed by atoms with Crippen molar-refractivity contribution < 1.29 is 14.7 Å². The summed E-state index contributed by atoms with van der Waals surface area (Å²) < 4.78 is 0. The van der Waals surface area contributed by atoms with Gasteiger partial charge in [-0.3, -0.25) is 4.79 Å². The van der Waals surface area contributed by atoms with Gasteiger partial charge in [-0.05, 0) is 44.2 Å². The number of anilines is 1. The van der Waals surface area contributed by atoms with Gasteiger partial charge in [-0.1, -0.05) is 17.7 Å². The first-order chi connectivity index (χ1) is 9.95. The summed E-state index contributed by atoms with van der Waals surface area (Å²) in [5.74, 6) is -0.569. The van der Waals surface area contributed by atoms with E-state index in [1.165, 1.54) is 5.56 Å². The van der Waals surface area contributed by atoms with Crippen LogP contribution >= 0.6 is 0 Å². The summed E-state index contributed by atoms with van der Waals surface area (Å²) in [7, 11) is 0. The molecule has 114 valence electrons. The average Bonchev–Trinajstić information content (AvgIpc) is 2.42. The molecule has 0 aliphatic carbocycles. The highest BCUT2D eigenvalue weighted by molar-refractivity contribution is 5.90. The summed E-state index contributed by atoms with van der Waals surface area (Å²) in [5, 5.41) is 11.7. The number of carbonyl (C=O) groups excluding carboxylic acids is 1. The molecule has 1 fully saturated rings. The van der Waals surface area contributed by atoms with Crippen LogP contribution in [0.2, 0.25) is 0 Å². The molecule has 2 amide bonds. The van der Waals surface area contributed by atoms with E-state index >= 15 is 0 Å². The Morgan fingerprint density at radius 3 is 2.52 bits per heavy atom. The molecule has 5 heteroatoms. The number of likely N-dealkylation sites (tertiary alicyclic amines) is 1. The minimum Gasteiger partial charge on any atom is -0.481 e. The number of hydrogen-bond acceptors (Lipinski definition) is 2. The number of aliphatic carboxylic acids is 1. The normalized spacial score (nSPS) is 15.8. The molecule has 0 spiro atoms. The molecule has 1 saturated heterocycles. The maximum absolute atomic E-state index is 12.2. The Bertz CT molecular complexity index is 534. The van der Waals surface area contributed by atoms with Crippen molar-refractivity contribution in [2.24, 2.45) is 5.92 Å². The molecule has 0 bridgehead atoms. The molecule has 0 unspecified atom stereocenters. The van der Waals surface area contributed by atoms with Gasteiger partial charge < -0.3 is 15.3 Å². The topological polar surface area (TPSA) is 69.6 Å². The van der Waals surface area contributed by atoms with Crippen LogP contribution in [0.3, 0.4) is 0 Å². The standard InChI is InChI=1S/C16H22N2O3/c1-11-3-4-14(12(2)9-11)17-16(21)18-7-5-13(6-8-18)10-15(19)20/h3-4,9,13H,5-8,10H2,1-2H3,(H,17,21)(H,19,20). The minimum absolute atomic E-state index is 0.101. The molecule has 0 radical (unpaired) electrons. The molecule has 2 rings (SSSR count). The number of nitrogens with zero attached hydrogens (tertiary/aromatic N) is 1. The number of aryl methyl sites for hydroxylation is 2. The third-order valence-corrected chi connectivity index (χ3v) is 3.99. The molecular formula is C16H22N2O3. The Morgan fingerprint density at radius 2 is 1.95 bits per heavy atom. The van der Waals surface area contributed by atoms with Crippen molar-refractivity contribution >= 4 is 17.7 Å². The summed E-state index contributed by atoms with van der Waals surface area (Å²) in [6.45, 7) is 5.23. The van der Waals surface area contributed by atoms with Crippen LogP contribution in [0.15, 0.2) is 18.2 Å². The van der Waals surface area contributed by atoms with Crippen LogP contribution in [-0.4, -0.2) is 35.1 Å². The average molecular weight is 290 g/mol. The maximum Gasteiger partial charge on any atom is 0.321 e. The van der Waals surface area contributed by atoms with Crippen LogP contribution in [-0.2, 0) is 4.79 Å². The van der Waals surface area contributed by atoms with Crippen molar-refractivity contribution in [2.45, 2.75) is 33.1 Å². The monoisotopic (exact) mass is 290 g/mol. The van der Waals surface area contributed by atoms with Gasteiger partial charge in [0, 0.05) is 25.2 Å². The molecule has 21 heavy (non-hydrogen) atoms. The van der Waals surface area contributed by atoms with Gasteiger partial charge in [-0.15, -0.1) is 0 Å². The number of urea groups is 1. The lowest BCUT2D eigenvalue weighted by atomic mass is 9.94. The molecule has 1 aromatic carbocycles. The van der Waals surface area contributed by atoms with Crippen molar-refractivity contribution in [3.05, 3.63) is 29.3 Å². The number of nitrogens with one attached hydrogen (secondary N) is 1. The lowest BCUT2D eigenvalue weighted by Gasteiger charge is -2.31. The van der Waals surface area contributed by atoms with Crippen LogP contribution in [0.4, 0.5) is 10.5 Å². The number of piperidine rings is 1. The van der Waals surface area contributed by atoms with Gasteiger partial charge in [0.15, 0.2) is 0 Å². The van der Waals surface area contributed by atoms with E-state index in [0.717, 1.165) is 24.1 Å². The molecule has 1 heterocycles. The number of benzene rings is 1. The quantitative estimate of drug-likeness (QED) is 0.899. The van der Waals surface area contributed by atoms with Gasteiger partial charge in [-0.2, -0.15) is 0 Å². The predicted molar refractivity (Wildman–Crippen MR) is 81.5 cm³/mol. The first-order valence-electron chi connectivity index (χ1n) is 7.30. The highest BCUT2D eigenvalue weighted by Gasteiger charge is 2.24. The molecule has 1 aliphatic heterocycles. The Hall–Kier alpha value is -2.04. The number of carboxylic acid groups (broad SMARTS) is 1. The zero-order chi connectivity index (χ0) is 15.4. The lowest BCUT2D eigenvalue weighted by molar-refractivity contribution is -0.138. The van der Waals surface area contributed by atoms with Gasteiger partial charge in [0.2, 0.25) is 0 Å². The second kappa shape index (κ2) is 6.61. The zero-order valence-corrected chi connectivity index (χ0v) is 12.6. The number of carboxylic acids is 1. The second-order valence-corrected chi connectivity index (χ2v) is 5.78. The lowest BCUT2D eigenvalue weighted by Crippen LogP contribution is -2.41. The number of hydrogen-bond donors (Lipinski definition) is 2. The van der Waals surface area contributed by atoms with Gasteiger partial charge in [-0.25, -0.2) is 4.79 Å². The summed E-state index contributed by atoms with van der Waals surface area (Å²) in [4.78, 5) is 24.7. The summed E-state index contributed by atoms with van der Waals surface area (Å²) in [5.41, 5.74) is 3.04. The van der Waals surface area contributed by atoms with Crippen molar-refractivity contribution in [3.63, 3.8) is 0 Å². The Kier molecular flexibility index (Phi) is 4.83. The van der Waals surface area contributed by atoms with Gasteiger partial charge in [0.1, 0.15) is 0 Å². The van der Waals surface area contributed by atoms with E-state index in [-0.39, 0.29) is 18.4 Å². The highest BCUT2D eigenvalue weighted by atomic mass is 16.4. The first-order valence-corrected chi connectivity index (χ1v) is 7.30. The van der Waals surface area contributed by atoms with E-state index in [4.69, 9.17) is 5.11 Å². The first kappa shape index (κ1) is 15.4. The molecular weight excluding hydrogens is 268 g/mol. The van der Waals surface area contributed by atoms with Crippen molar-refractivity contribution in [3.8, 4) is 0 Å². The summed E-state index contributed by atoms with van der Waals surface area (Å²) in [6.07, 6.45) is 1.71. The van der Waals surface area contributed by atoms with Gasteiger partial charge in [0.05, 0.1) is 0 Å². The van der Waals surface area contributed by atoms with E-state index in [2.05, 4.69) is 5.32 Å². The van der Waals surface area contributed by atoms with Crippen LogP contribution in [0, 0.1) is 19.8 Å². The minimum atomic E-state index is -0.756. The summed E-state index contributed by atoms with van der Waals surface area (Å²) >= 11 is 0. The van der Waals surface area contributed by atoms with Gasteiger partial charge in [0.25, 0.3) is 0 Å². The Labute approximate surface area is 125 Å². The Morgan fingerprint density at radius 1 is 1.29 bits per heavy atom. The molecule has 1 aliphatic rings. The summed E-state index contributed by atoms with van der Waals surface area (Å²) in [6, 6.07) is 5.83. The van der Waals surface area contributed by atoms with E-state index in [1.54, 1.807) is 4.90 Å². The third kappa shape index (κ3) is 4.21. The van der Waals surface area contributed by atoms with Crippen LogP contribution in [0.1, 0.15) is 30.4 Å². The zero-order valence-electron chi connectivity index (χ0n) is 12.6. The fourth-order valence-corrected chi connectivity index (χ4v) is 2.74. The molecule has 0 atom stereocenters. The number of carbonyl (C=O) groups is 2. The van der Waals surface area contributed by atoms with Crippen molar-refractivity contribution in [1.29, 1.82) is 0 Å². The largest absolute Gasteiger partial charge is 0.481 e. The van der Waals surface area contributed by atoms with Crippen molar-refractivity contribution in [2.75, 3.05) is 18.4 Å². The van der Waals surface area contributed by atoms with E-state index in [1.807, 2.05) is 32.0 Å². The molecule has 5 nitrogen and oxygen atoms in total. The van der Waals surface area contributed by atoms with Crippen LogP contribution in [0.25, 0.3) is 0 Å². The van der Waals surface area contributed by atoms with E-state index in [0.29, 0.717) is 13.1 Å². The predicted octanol–water partition coefficient (Wildman–Crippen LogP) is 3.02. The van der Waals surface area contributed by atoms with E-state index in [9.17, 15) is 9.59 Å². The number of rotatable bonds is 3. The third-order valence-electron chi connectivity index (χ3n) is 3.99. The molecule has 2 N–H and O–H groups in total. The van der Waals surface area contributed by atoms with E-state index < -0.39 is 5.97 Å². The van der Waals surface area contributed by atoms with Crippen molar-refractivity contribution in [1.82, 2.24) is 4.90 Å². The van der Waals surface area contributed by atoms with Gasteiger partial charge >= 0.3 is 12.0 Å². The van der Waals surface area contributed by atoms with Crippen LogP contribution in [0.5, 0.6) is 0 Å². The maximum atomic E-state index is 12.2.